The summed E-state index contributed by atoms with van der Waals surface area (Å²) in [5.74, 6) is 0.991. The molecule has 0 saturated carbocycles. The van der Waals surface area contributed by atoms with Crippen molar-refractivity contribution in [2.75, 3.05) is 30.2 Å². The molecule has 4 aromatic rings. The number of nitrogens with one attached hydrogen (secondary N) is 3. The molecule has 38 heavy (non-hydrogen) atoms. The van der Waals surface area contributed by atoms with Gasteiger partial charge in [-0.05, 0) is 55.3 Å². The minimum Gasteiger partial charge on any atom is -0.497 e. The maximum Gasteiger partial charge on any atom is 0.265 e. The number of nitrogens with zero attached hydrogens (tertiary/aromatic N) is 3. The van der Waals surface area contributed by atoms with Crippen molar-refractivity contribution in [1.82, 2.24) is 20.4 Å². The molecule has 196 valence electrons. The lowest BCUT2D eigenvalue weighted by molar-refractivity contribution is 0.0750. The van der Waals surface area contributed by atoms with Gasteiger partial charge in [-0.3, -0.25) is 14.9 Å². The van der Waals surface area contributed by atoms with Gasteiger partial charge in [0.25, 0.3) is 5.91 Å². The fourth-order valence-corrected chi connectivity index (χ4v) is 5.16. The summed E-state index contributed by atoms with van der Waals surface area (Å²) in [5.41, 5.74) is 5.21. The largest absolute Gasteiger partial charge is 0.497 e. The van der Waals surface area contributed by atoms with E-state index in [-0.39, 0.29) is 11.7 Å². The standard InChI is InChI=1S/C27H27ClN6O3S/c1-37-19-12-13-21(28)24(17-19)31-25-26(30-23-11-4-3-10-22(23)29-25)33-38(36)20-9-7-8-18(16-20)27(35)32-34-14-5-2-6-15-34/h3-4,7-13,16-17H,2,5-6,14-15H2,1H3,(H,29,31)(H,30,33)(H,32,35). The summed E-state index contributed by atoms with van der Waals surface area (Å²) in [6.07, 6.45) is 3.28. The van der Waals surface area contributed by atoms with Crippen molar-refractivity contribution in [3.63, 3.8) is 0 Å². The van der Waals surface area contributed by atoms with Crippen LogP contribution in [0.3, 0.4) is 0 Å². The first kappa shape index (κ1) is 25.9. The Labute approximate surface area is 228 Å². The number of aromatic nitrogens is 2. The summed E-state index contributed by atoms with van der Waals surface area (Å²) >= 11 is 6.40. The molecule has 1 amide bonds. The molecule has 1 fully saturated rings. The number of hydrazine groups is 1. The average molecular weight is 551 g/mol. The van der Waals surface area contributed by atoms with Gasteiger partial charge in [-0.25, -0.2) is 19.2 Å². The van der Waals surface area contributed by atoms with Crippen molar-refractivity contribution in [2.24, 2.45) is 0 Å². The van der Waals surface area contributed by atoms with Crippen LogP contribution in [0.5, 0.6) is 5.75 Å². The number of hydrogen-bond acceptors (Lipinski definition) is 7. The van der Waals surface area contributed by atoms with Crippen molar-refractivity contribution in [3.05, 3.63) is 77.3 Å². The Morgan fingerprint density at radius 2 is 1.68 bits per heavy atom. The summed E-state index contributed by atoms with van der Waals surface area (Å²) in [4.78, 5) is 22.6. The van der Waals surface area contributed by atoms with Crippen molar-refractivity contribution >= 4 is 56.9 Å². The second-order valence-electron chi connectivity index (χ2n) is 8.77. The van der Waals surface area contributed by atoms with Gasteiger partial charge < -0.3 is 10.1 Å². The van der Waals surface area contributed by atoms with Gasteiger partial charge in [0.15, 0.2) is 22.6 Å². The maximum atomic E-state index is 13.4. The number of para-hydroxylation sites is 2. The van der Waals surface area contributed by atoms with Crippen molar-refractivity contribution in [3.8, 4) is 5.75 Å². The highest BCUT2D eigenvalue weighted by atomic mass is 35.5. The molecule has 0 spiro atoms. The molecule has 9 nitrogen and oxygen atoms in total. The van der Waals surface area contributed by atoms with E-state index >= 15 is 0 Å². The molecule has 11 heteroatoms. The summed E-state index contributed by atoms with van der Waals surface area (Å²) in [6.45, 7) is 1.65. The first-order valence-electron chi connectivity index (χ1n) is 12.2. The number of halogens is 1. The molecule has 0 aliphatic carbocycles. The van der Waals surface area contributed by atoms with E-state index in [4.69, 9.17) is 16.3 Å². The van der Waals surface area contributed by atoms with Crippen LogP contribution >= 0.6 is 11.6 Å². The lowest BCUT2D eigenvalue weighted by Crippen LogP contribution is -2.45. The smallest absolute Gasteiger partial charge is 0.265 e. The molecule has 3 aromatic carbocycles. The van der Waals surface area contributed by atoms with E-state index in [1.807, 2.05) is 29.3 Å². The molecule has 1 saturated heterocycles. The molecule has 1 aliphatic rings. The highest BCUT2D eigenvalue weighted by molar-refractivity contribution is 7.86. The fraction of sp³-hybridized carbons (Fsp3) is 0.222. The molecule has 1 aliphatic heterocycles. The number of benzene rings is 3. The molecule has 1 aromatic heterocycles. The van der Waals surface area contributed by atoms with Gasteiger partial charge >= 0.3 is 0 Å². The highest BCUT2D eigenvalue weighted by Gasteiger charge is 2.18. The second-order valence-corrected chi connectivity index (χ2v) is 10.4. The second kappa shape index (κ2) is 11.8. The van der Waals surface area contributed by atoms with Gasteiger partial charge in [0.05, 0.1) is 33.7 Å². The molecule has 2 heterocycles. The van der Waals surface area contributed by atoms with Crippen LogP contribution in [-0.2, 0) is 11.0 Å². The number of carbonyl (C=O) groups is 1. The van der Waals surface area contributed by atoms with Crippen molar-refractivity contribution in [2.45, 2.75) is 24.2 Å². The van der Waals surface area contributed by atoms with Gasteiger partial charge in [-0.2, -0.15) is 0 Å². The zero-order valence-electron chi connectivity index (χ0n) is 20.7. The Hall–Kier alpha value is -3.73. The summed E-state index contributed by atoms with van der Waals surface area (Å²) in [5, 5.41) is 5.58. The molecular formula is C27H27ClN6O3S. The fourth-order valence-electron chi connectivity index (χ4n) is 4.13. The van der Waals surface area contributed by atoms with E-state index in [9.17, 15) is 9.00 Å². The topological polar surface area (TPSA) is 108 Å². The first-order chi connectivity index (χ1) is 18.5. The number of hydrogen-bond donors (Lipinski definition) is 3. The van der Waals surface area contributed by atoms with E-state index in [0.29, 0.717) is 43.8 Å². The number of amides is 1. The first-order valence-corrected chi connectivity index (χ1v) is 13.7. The molecule has 5 rings (SSSR count). The van der Waals surface area contributed by atoms with Crippen molar-refractivity contribution < 1.29 is 13.7 Å². The van der Waals surface area contributed by atoms with Crippen molar-refractivity contribution in [1.29, 1.82) is 0 Å². The number of anilines is 3. The number of methoxy groups -OCH3 is 1. The van der Waals surface area contributed by atoms with Crippen LogP contribution in [0.4, 0.5) is 17.3 Å². The highest BCUT2D eigenvalue weighted by Crippen LogP contribution is 2.32. The SMILES string of the molecule is COc1ccc(Cl)c(Nc2nc3ccccc3nc2NS(=O)c2cccc(C(=O)NN3CCCCC3)c2)c1. The predicted molar refractivity (Wildman–Crippen MR) is 150 cm³/mol. The van der Waals surface area contributed by atoms with Gasteiger partial charge in [0.1, 0.15) is 5.75 Å². The van der Waals surface area contributed by atoms with Crippen LogP contribution in [0.1, 0.15) is 29.6 Å². The molecule has 1 atom stereocenters. The third kappa shape index (κ3) is 6.04. The number of fused-ring (bicyclic) bond motifs is 1. The monoisotopic (exact) mass is 550 g/mol. The Balaban J connectivity index is 1.41. The Morgan fingerprint density at radius 3 is 2.42 bits per heavy atom. The average Bonchev–Trinajstić information content (AvgIpc) is 2.95. The molecule has 1 unspecified atom stereocenters. The van der Waals surface area contributed by atoms with Gasteiger partial charge in [0, 0.05) is 24.7 Å². The zero-order chi connectivity index (χ0) is 26.5. The summed E-state index contributed by atoms with van der Waals surface area (Å²) in [7, 11) is -0.165. The van der Waals surface area contributed by atoms with Crippen LogP contribution in [-0.4, -0.2) is 45.3 Å². The minimum absolute atomic E-state index is 0.230. The van der Waals surface area contributed by atoms with Crippen LogP contribution in [0.2, 0.25) is 5.02 Å². The number of ether oxygens (including phenoxy) is 1. The van der Waals surface area contributed by atoms with Crippen LogP contribution in [0, 0.1) is 0 Å². The predicted octanol–water partition coefficient (Wildman–Crippen LogP) is 5.30. The lowest BCUT2D eigenvalue weighted by atomic mass is 10.1. The molecule has 0 radical (unpaired) electrons. The molecule has 0 bridgehead atoms. The van der Waals surface area contributed by atoms with E-state index in [0.717, 1.165) is 25.9 Å². The van der Waals surface area contributed by atoms with Gasteiger partial charge in [-0.1, -0.05) is 36.2 Å². The summed E-state index contributed by atoms with van der Waals surface area (Å²) in [6, 6.07) is 19.3. The van der Waals surface area contributed by atoms with E-state index < -0.39 is 11.0 Å². The Kier molecular flexibility index (Phi) is 8.02. The third-order valence-electron chi connectivity index (χ3n) is 6.11. The van der Waals surface area contributed by atoms with Crippen LogP contribution in [0.25, 0.3) is 11.0 Å². The van der Waals surface area contributed by atoms with E-state index in [1.165, 1.54) is 6.42 Å². The Morgan fingerprint density at radius 1 is 0.947 bits per heavy atom. The third-order valence-corrected chi connectivity index (χ3v) is 7.50. The normalized spacial score (nSPS) is 14.6. The molecule has 3 N–H and O–H groups in total. The number of piperidine rings is 1. The van der Waals surface area contributed by atoms with E-state index in [1.54, 1.807) is 49.6 Å². The van der Waals surface area contributed by atoms with E-state index in [2.05, 4.69) is 25.4 Å². The van der Waals surface area contributed by atoms with Crippen LogP contribution < -0.4 is 20.2 Å². The van der Waals surface area contributed by atoms with Crippen LogP contribution in [0.15, 0.2) is 71.6 Å². The minimum atomic E-state index is -1.73. The Bertz CT molecular complexity index is 1500. The lowest BCUT2D eigenvalue weighted by Gasteiger charge is -2.26. The molecular weight excluding hydrogens is 524 g/mol. The van der Waals surface area contributed by atoms with Gasteiger partial charge in [-0.15, -0.1) is 0 Å². The quantitative estimate of drug-likeness (QED) is 0.273. The summed E-state index contributed by atoms with van der Waals surface area (Å²) < 4.78 is 21.7. The van der Waals surface area contributed by atoms with Gasteiger partial charge in [0.2, 0.25) is 0 Å². The number of carbonyl (C=O) groups excluding carboxylic acids is 1. The number of rotatable bonds is 8. The maximum absolute atomic E-state index is 13.4. The zero-order valence-corrected chi connectivity index (χ0v) is 22.3.